The van der Waals surface area contributed by atoms with Gasteiger partial charge in [-0.1, -0.05) is 11.2 Å². The van der Waals surface area contributed by atoms with Gasteiger partial charge in [0.2, 0.25) is 0 Å². The summed E-state index contributed by atoms with van der Waals surface area (Å²) in [7, 11) is 3.29. The molecule has 2 rings (SSSR count). The Labute approximate surface area is 184 Å². The average Bonchev–Trinajstić information content (AvgIpc) is 2.99. The zero-order valence-corrected chi connectivity index (χ0v) is 19.6. The minimum absolute atomic E-state index is 0. The molecule has 0 bridgehead atoms. The summed E-state index contributed by atoms with van der Waals surface area (Å²) in [5.74, 6) is 3.16. The molecular weight excluding hydrogens is 471 g/mol. The number of nitrogens with one attached hydrogen (secondary N) is 2. The lowest BCUT2D eigenvalue weighted by molar-refractivity contribution is 0.354. The highest BCUT2D eigenvalue weighted by atomic mass is 127. The third-order valence-electron chi connectivity index (χ3n) is 4.31. The van der Waals surface area contributed by atoms with E-state index in [0.29, 0.717) is 6.54 Å². The van der Waals surface area contributed by atoms with Gasteiger partial charge in [-0.05, 0) is 51.3 Å². The number of nitrogens with zero attached hydrogens (tertiary/aromatic N) is 2. The second-order valence-electron chi connectivity index (χ2n) is 6.18. The maximum atomic E-state index is 5.36. The number of aliphatic imine (C=N–C) groups is 1. The van der Waals surface area contributed by atoms with Gasteiger partial charge in [0.05, 0.1) is 19.9 Å². The summed E-state index contributed by atoms with van der Waals surface area (Å²) in [6, 6.07) is 5.98. The Bertz CT molecular complexity index is 742. The molecule has 0 saturated heterocycles. The second kappa shape index (κ2) is 12.5. The number of ether oxygens (including phenoxy) is 2. The molecule has 2 N–H and O–H groups in total. The topological polar surface area (TPSA) is 80.9 Å². The van der Waals surface area contributed by atoms with Gasteiger partial charge in [-0.3, -0.25) is 4.99 Å². The van der Waals surface area contributed by atoms with Crippen LogP contribution in [0, 0.1) is 13.8 Å². The SMILES string of the molecule is CCNC(=NCCc1c(C)noc1C)NCCc1ccc(OC)c(OC)c1.I. The van der Waals surface area contributed by atoms with E-state index in [1.54, 1.807) is 14.2 Å². The quantitative estimate of drug-likeness (QED) is 0.311. The van der Waals surface area contributed by atoms with E-state index in [2.05, 4.69) is 27.7 Å². The molecule has 0 atom stereocenters. The van der Waals surface area contributed by atoms with Crippen LogP contribution >= 0.6 is 24.0 Å². The van der Waals surface area contributed by atoms with Crippen LogP contribution in [0.5, 0.6) is 11.5 Å². The van der Waals surface area contributed by atoms with E-state index in [0.717, 1.165) is 60.4 Å². The molecule has 2 aromatic rings. The summed E-state index contributed by atoms with van der Waals surface area (Å²) >= 11 is 0. The van der Waals surface area contributed by atoms with Gasteiger partial charge >= 0.3 is 0 Å². The van der Waals surface area contributed by atoms with Crippen molar-refractivity contribution in [2.75, 3.05) is 33.9 Å². The van der Waals surface area contributed by atoms with Gasteiger partial charge in [-0.2, -0.15) is 0 Å². The first-order valence-electron chi connectivity index (χ1n) is 9.23. The molecule has 28 heavy (non-hydrogen) atoms. The predicted octanol–water partition coefficient (Wildman–Crippen LogP) is 3.27. The normalized spacial score (nSPS) is 11.0. The zero-order chi connectivity index (χ0) is 19.6. The molecule has 1 heterocycles. The Balaban J connectivity index is 0.00000392. The van der Waals surface area contributed by atoms with Crippen LogP contribution in [0.2, 0.25) is 0 Å². The number of methoxy groups -OCH3 is 2. The van der Waals surface area contributed by atoms with Crippen molar-refractivity contribution in [3.63, 3.8) is 0 Å². The molecule has 0 amide bonds. The highest BCUT2D eigenvalue weighted by Crippen LogP contribution is 2.27. The van der Waals surface area contributed by atoms with Gasteiger partial charge in [0, 0.05) is 25.2 Å². The molecule has 0 fully saturated rings. The van der Waals surface area contributed by atoms with Crippen molar-refractivity contribution < 1.29 is 14.0 Å². The lowest BCUT2D eigenvalue weighted by Gasteiger charge is -2.12. The van der Waals surface area contributed by atoms with Crippen LogP contribution in [-0.2, 0) is 12.8 Å². The summed E-state index contributed by atoms with van der Waals surface area (Å²) in [6.07, 6.45) is 1.67. The van der Waals surface area contributed by atoms with Gasteiger partial charge in [0.15, 0.2) is 17.5 Å². The Morgan fingerprint density at radius 2 is 1.86 bits per heavy atom. The molecule has 0 aliphatic rings. The highest BCUT2D eigenvalue weighted by Gasteiger charge is 2.08. The van der Waals surface area contributed by atoms with E-state index in [4.69, 9.17) is 14.0 Å². The van der Waals surface area contributed by atoms with E-state index in [-0.39, 0.29) is 24.0 Å². The first kappa shape index (κ1) is 24.1. The molecule has 1 aromatic heterocycles. The summed E-state index contributed by atoms with van der Waals surface area (Å²) in [4.78, 5) is 4.64. The van der Waals surface area contributed by atoms with E-state index in [9.17, 15) is 0 Å². The summed E-state index contributed by atoms with van der Waals surface area (Å²) in [5.41, 5.74) is 3.25. The van der Waals surface area contributed by atoms with Gasteiger partial charge in [-0.15, -0.1) is 24.0 Å². The maximum Gasteiger partial charge on any atom is 0.191 e. The van der Waals surface area contributed by atoms with Gasteiger partial charge in [0.25, 0.3) is 0 Å². The molecule has 0 unspecified atom stereocenters. The van der Waals surface area contributed by atoms with Crippen molar-refractivity contribution in [1.82, 2.24) is 15.8 Å². The predicted molar refractivity (Wildman–Crippen MR) is 122 cm³/mol. The Kier molecular flexibility index (Phi) is 10.7. The van der Waals surface area contributed by atoms with E-state index in [1.807, 2.05) is 32.0 Å². The fourth-order valence-electron chi connectivity index (χ4n) is 2.84. The van der Waals surface area contributed by atoms with Crippen LogP contribution in [0.3, 0.4) is 0 Å². The number of aryl methyl sites for hydroxylation is 2. The molecule has 8 heteroatoms. The van der Waals surface area contributed by atoms with Crippen molar-refractivity contribution in [2.24, 2.45) is 4.99 Å². The first-order valence-corrected chi connectivity index (χ1v) is 9.23. The number of hydrogen-bond acceptors (Lipinski definition) is 5. The zero-order valence-electron chi connectivity index (χ0n) is 17.3. The molecule has 0 spiro atoms. The summed E-state index contributed by atoms with van der Waals surface area (Å²) in [6.45, 7) is 8.21. The standard InChI is InChI=1S/C20H30N4O3.HI/c1-6-21-20(23-12-10-17-14(2)24-27-15(17)3)22-11-9-16-7-8-18(25-4)19(13-16)26-5;/h7-8,13H,6,9-12H2,1-5H3,(H2,21,22,23);1H. The van der Waals surface area contributed by atoms with Crippen molar-refractivity contribution in [2.45, 2.75) is 33.6 Å². The summed E-state index contributed by atoms with van der Waals surface area (Å²) < 4.78 is 15.8. The molecule has 156 valence electrons. The molecule has 0 saturated carbocycles. The van der Waals surface area contributed by atoms with Gasteiger partial charge in [0.1, 0.15) is 5.76 Å². The van der Waals surface area contributed by atoms with Crippen LogP contribution in [0.1, 0.15) is 29.5 Å². The number of aromatic nitrogens is 1. The summed E-state index contributed by atoms with van der Waals surface area (Å²) in [5, 5.41) is 10.6. The van der Waals surface area contributed by atoms with Crippen LogP contribution in [0.4, 0.5) is 0 Å². The number of halogens is 1. The highest BCUT2D eigenvalue weighted by molar-refractivity contribution is 14.0. The number of guanidine groups is 1. The van der Waals surface area contributed by atoms with Crippen LogP contribution in [0.25, 0.3) is 0 Å². The van der Waals surface area contributed by atoms with Gasteiger partial charge in [-0.25, -0.2) is 0 Å². The minimum atomic E-state index is 0. The third kappa shape index (κ3) is 6.88. The molecule has 0 aliphatic carbocycles. The first-order chi connectivity index (χ1) is 13.1. The second-order valence-corrected chi connectivity index (χ2v) is 6.18. The van der Waals surface area contributed by atoms with E-state index >= 15 is 0 Å². The van der Waals surface area contributed by atoms with Crippen molar-refractivity contribution in [3.8, 4) is 11.5 Å². The van der Waals surface area contributed by atoms with Crippen molar-refractivity contribution in [3.05, 3.63) is 40.8 Å². The Morgan fingerprint density at radius 1 is 1.11 bits per heavy atom. The van der Waals surface area contributed by atoms with Crippen LogP contribution in [0.15, 0.2) is 27.7 Å². The molecule has 0 radical (unpaired) electrons. The Hall–Kier alpha value is -1.97. The minimum Gasteiger partial charge on any atom is -0.493 e. The molecule has 1 aromatic carbocycles. The average molecular weight is 502 g/mol. The lowest BCUT2D eigenvalue weighted by atomic mass is 10.1. The molecule has 0 aliphatic heterocycles. The number of benzene rings is 1. The molecule has 7 nitrogen and oxygen atoms in total. The maximum absolute atomic E-state index is 5.36. The van der Waals surface area contributed by atoms with E-state index in [1.165, 1.54) is 5.56 Å². The number of hydrogen-bond donors (Lipinski definition) is 2. The van der Waals surface area contributed by atoms with Crippen LogP contribution in [-0.4, -0.2) is 45.0 Å². The Morgan fingerprint density at radius 3 is 2.46 bits per heavy atom. The fraction of sp³-hybridized carbons (Fsp3) is 0.500. The fourth-order valence-corrected chi connectivity index (χ4v) is 2.84. The largest absolute Gasteiger partial charge is 0.493 e. The van der Waals surface area contributed by atoms with Crippen molar-refractivity contribution >= 4 is 29.9 Å². The van der Waals surface area contributed by atoms with Gasteiger partial charge < -0.3 is 24.6 Å². The smallest absolute Gasteiger partial charge is 0.191 e. The van der Waals surface area contributed by atoms with E-state index < -0.39 is 0 Å². The monoisotopic (exact) mass is 502 g/mol. The van der Waals surface area contributed by atoms with Crippen LogP contribution < -0.4 is 20.1 Å². The van der Waals surface area contributed by atoms with Crippen molar-refractivity contribution in [1.29, 1.82) is 0 Å². The number of rotatable bonds is 9. The lowest BCUT2D eigenvalue weighted by Crippen LogP contribution is -2.38. The molecular formula is C20H31IN4O3. The third-order valence-corrected chi connectivity index (χ3v) is 4.31.